The average Bonchev–Trinajstić information content (AvgIpc) is 2.84. The molecule has 0 fully saturated rings. The van der Waals surface area contributed by atoms with Crippen LogP contribution in [0.15, 0.2) is 22.3 Å². The zero-order valence-electron chi connectivity index (χ0n) is 12.3. The van der Waals surface area contributed by atoms with Crippen molar-refractivity contribution in [3.05, 3.63) is 49.0 Å². The molecule has 0 radical (unpaired) electrons. The summed E-state index contributed by atoms with van der Waals surface area (Å²) in [5, 5.41) is 2.23. The smallest absolute Gasteiger partial charge is 0.326 e. The Morgan fingerprint density at radius 1 is 1.48 bits per heavy atom. The number of aromatic nitrogens is 1. The lowest BCUT2D eigenvalue weighted by atomic mass is 10.1. The second kappa shape index (κ2) is 6.74. The molecule has 1 aliphatic rings. The minimum atomic E-state index is -0.491. The molecular formula is C15H14ClNO5S. The minimum absolute atomic E-state index is 0.0274. The number of halogens is 1. The van der Waals surface area contributed by atoms with Gasteiger partial charge in [-0.2, -0.15) is 0 Å². The van der Waals surface area contributed by atoms with Crippen molar-refractivity contribution in [1.29, 1.82) is 0 Å². The number of nitrogens with zero attached hydrogens (tertiary/aromatic N) is 1. The maximum absolute atomic E-state index is 12.0. The Balaban J connectivity index is 1.70. The largest absolute Gasteiger partial charge is 0.467 e. The van der Waals surface area contributed by atoms with Crippen LogP contribution in [0.3, 0.4) is 0 Å². The predicted molar refractivity (Wildman–Crippen MR) is 84.8 cm³/mol. The van der Waals surface area contributed by atoms with E-state index in [1.54, 1.807) is 24.4 Å². The summed E-state index contributed by atoms with van der Waals surface area (Å²) < 4.78 is 17.3. The third-order valence-corrected chi connectivity index (χ3v) is 4.50. The standard InChI is InChI=1S/C15H14ClNO5S/c1-9-7-23-15(19)17(9)4-13(18)21-6-11-3-12(16)2-10-5-20-8-22-14(10)11/h2-3,7H,4-6,8H2,1H3. The van der Waals surface area contributed by atoms with Gasteiger partial charge >= 0.3 is 10.8 Å². The highest BCUT2D eigenvalue weighted by Crippen LogP contribution is 2.32. The van der Waals surface area contributed by atoms with Crippen molar-refractivity contribution < 1.29 is 19.0 Å². The minimum Gasteiger partial charge on any atom is -0.467 e. The lowest BCUT2D eigenvalue weighted by Gasteiger charge is -2.21. The lowest BCUT2D eigenvalue weighted by molar-refractivity contribution is -0.145. The van der Waals surface area contributed by atoms with Crippen LogP contribution in [0.2, 0.25) is 5.02 Å². The number of esters is 1. The van der Waals surface area contributed by atoms with Crippen molar-refractivity contribution in [3.8, 4) is 5.75 Å². The average molecular weight is 356 g/mol. The van der Waals surface area contributed by atoms with Gasteiger partial charge in [0.2, 0.25) is 0 Å². The van der Waals surface area contributed by atoms with Crippen LogP contribution in [-0.4, -0.2) is 17.3 Å². The molecule has 1 aliphatic heterocycles. The molecule has 1 aromatic heterocycles. The first-order valence-electron chi connectivity index (χ1n) is 6.87. The Labute approximate surface area is 141 Å². The molecule has 6 nitrogen and oxygen atoms in total. The summed E-state index contributed by atoms with van der Waals surface area (Å²) in [6, 6.07) is 3.46. The number of fused-ring (bicyclic) bond motifs is 1. The number of hydrogen-bond donors (Lipinski definition) is 0. The summed E-state index contributed by atoms with van der Waals surface area (Å²) in [6.07, 6.45) is 0. The first kappa shape index (κ1) is 16.0. The highest BCUT2D eigenvalue weighted by Gasteiger charge is 2.18. The molecule has 2 heterocycles. The van der Waals surface area contributed by atoms with E-state index in [1.807, 2.05) is 0 Å². The molecule has 8 heteroatoms. The zero-order chi connectivity index (χ0) is 16.4. The number of benzene rings is 1. The molecule has 0 atom stereocenters. The normalized spacial score (nSPS) is 13.3. The zero-order valence-corrected chi connectivity index (χ0v) is 13.9. The van der Waals surface area contributed by atoms with Gasteiger partial charge in [0.1, 0.15) is 18.9 Å². The van der Waals surface area contributed by atoms with Crippen LogP contribution < -0.4 is 9.61 Å². The first-order chi connectivity index (χ1) is 11.0. The van der Waals surface area contributed by atoms with Gasteiger partial charge in [0.15, 0.2) is 6.79 Å². The number of ether oxygens (including phenoxy) is 3. The maximum Gasteiger partial charge on any atom is 0.326 e. The summed E-state index contributed by atoms with van der Waals surface area (Å²) >= 11 is 7.11. The molecule has 0 N–H and O–H groups in total. The van der Waals surface area contributed by atoms with Gasteiger partial charge in [-0.1, -0.05) is 22.9 Å². The van der Waals surface area contributed by atoms with E-state index in [0.29, 0.717) is 22.9 Å². The highest BCUT2D eigenvalue weighted by atomic mass is 35.5. The maximum atomic E-state index is 12.0. The van der Waals surface area contributed by atoms with Gasteiger partial charge in [0.25, 0.3) is 0 Å². The topological polar surface area (TPSA) is 66.8 Å². The predicted octanol–water partition coefficient (Wildman–Crippen LogP) is 2.48. The van der Waals surface area contributed by atoms with Gasteiger partial charge in [0, 0.05) is 27.2 Å². The van der Waals surface area contributed by atoms with E-state index in [0.717, 1.165) is 22.6 Å². The second-order valence-electron chi connectivity index (χ2n) is 5.05. The monoisotopic (exact) mass is 355 g/mol. The van der Waals surface area contributed by atoms with Crippen molar-refractivity contribution in [2.45, 2.75) is 26.7 Å². The van der Waals surface area contributed by atoms with E-state index < -0.39 is 5.97 Å². The molecule has 122 valence electrons. The molecule has 0 saturated carbocycles. The van der Waals surface area contributed by atoms with Crippen LogP contribution in [0.25, 0.3) is 0 Å². The molecule has 1 aromatic carbocycles. The first-order valence-corrected chi connectivity index (χ1v) is 8.13. The van der Waals surface area contributed by atoms with E-state index in [1.165, 1.54) is 4.57 Å². The quantitative estimate of drug-likeness (QED) is 0.788. The number of thiazole rings is 1. The van der Waals surface area contributed by atoms with E-state index in [2.05, 4.69) is 0 Å². The molecule has 3 rings (SSSR count). The molecule has 23 heavy (non-hydrogen) atoms. The summed E-state index contributed by atoms with van der Waals surface area (Å²) in [6.45, 7) is 2.24. The number of carbonyl (C=O) groups is 1. The van der Waals surface area contributed by atoms with Crippen molar-refractivity contribution in [2.75, 3.05) is 6.79 Å². The fraction of sp³-hybridized carbons (Fsp3) is 0.333. The number of aryl methyl sites for hydroxylation is 1. The van der Waals surface area contributed by atoms with E-state index >= 15 is 0 Å². The molecule has 0 amide bonds. The fourth-order valence-corrected chi connectivity index (χ4v) is 3.29. The molecule has 0 saturated heterocycles. The Morgan fingerprint density at radius 2 is 2.30 bits per heavy atom. The summed E-state index contributed by atoms with van der Waals surface area (Å²) in [5.41, 5.74) is 2.23. The molecule has 0 spiro atoms. The van der Waals surface area contributed by atoms with Gasteiger partial charge in [-0.3, -0.25) is 14.2 Å². The third-order valence-electron chi connectivity index (χ3n) is 3.40. The van der Waals surface area contributed by atoms with E-state index in [-0.39, 0.29) is 24.8 Å². The van der Waals surface area contributed by atoms with E-state index in [9.17, 15) is 9.59 Å². The van der Waals surface area contributed by atoms with Crippen LogP contribution in [0.5, 0.6) is 5.75 Å². The lowest BCUT2D eigenvalue weighted by Crippen LogP contribution is -2.22. The van der Waals surface area contributed by atoms with Crippen LogP contribution in [0.1, 0.15) is 16.8 Å². The van der Waals surface area contributed by atoms with Gasteiger partial charge in [-0.15, -0.1) is 0 Å². The molecule has 2 aromatic rings. The van der Waals surface area contributed by atoms with Crippen molar-refractivity contribution in [2.24, 2.45) is 0 Å². The fourth-order valence-electron chi connectivity index (χ4n) is 2.29. The Kier molecular flexibility index (Phi) is 4.70. The third kappa shape index (κ3) is 3.57. The number of carbonyl (C=O) groups excluding carboxylic acids is 1. The summed E-state index contributed by atoms with van der Waals surface area (Å²) in [4.78, 5) is 23.4. The van der Waals surface area contributed by atoms with E-state index in [4.69, 9.17) is 25.8 Å². The van der Waals surface area contributed by atoms with Crippen LogP contribution >= 0.6 is 22.9 Å². The number of hydrogen-bond acceptors (Lipinski definition) is 6. The summed E-state index contributed by atoms with van der Waals surface area (Å²) in [7, 11) is 0. The van der Waals surface area contributed by atoms with Gasteiger partial charge < -0.3 is 14.2 Å². The molecular weight excluding hydrogens is 342 g/mol. The molecule has 0 aliphatic carbocycles. The second-order valence-corrected chi connectivity index (χ2v) is 6.31. The molecule has 0 bridgehead atoms. The van der Waals surface area contributed by atoms with Crippen molar-refractivity contribution in [1.82, 2.24) is 4.57 Å². The van der Waals surface area contributed by atoms with Crippen molar-refractivity contribution >= 4 is 28.9 Å². The Hall–Kier alpha value is -1.83. The highest BCUT2D eigenvalue weighted by molar-refractivity contribution is 7.07. The Bertz CT molecular complexity index is 798. The summed E-state index contributed by atoms with van der Waals surface area (Å²) in [5.74, 6) is 0.145. The van der Waals surface area contributed by atoms with Gasteiger partial charge in [-0.05, 0) is 19.1 Å². The SMILES string of the molecule is Cc1csc(=O)n1CC(=O)OCc1cc(Cl)cc2c1OCOC2. The number of rotatable bonds is 4. The van der Waals surface area contributed by atoms with Crippen LogP contribution in [0, 0.1) is 6.92 Å². The van der Waals surface area contributed by atoms with Gasteiger partial charge in [-0.25, -0.2) is 0 Å². The van der Waals surface area contributed by atoms with Gasteiger partial charge in [0.05, 0.1) is 6.61 Å². The Morgan fingerprint density at radius 3 is 3.04 bits per heavy atom. The van der Waals surface area contributed by atoms with Crippen LogP contribution in [0.4, 0.5) is 0 Å². The van der Waals surface area contributed by atoms with Crippen LogP contribution in [-0.2, 0) is 34.0 Å². The molecule has 0 unspecified atom stereocenters. The van der Waals surface area contributed by atoms with Crippen molar-refractivity contribution in [3.63, 3.8) is 0 Å².